The van der Waals surface area contributed by atoms with Crippen molar-refractivity contribution in [2.45, 2.75) is 45.4 Å². The zero-order valence-electron chi connectivity index (χ0n) is 10.6. The average Bonchev–Trinajstić information content (AvgIpc) is 2.35. The SMILES string of the molecule is CC1(C(=O)Cc2cc(F)ccc2Br)CCCCC1. The van der Waals surface area contributed by atoms with E-state index in [1.807, 2.05) is 0 Å². The Bertz CT molecular complexity index is 450. The van der Waals surface area contributed by atoms with Crippen molar-refractivity contribution in [2.75, 3.05) is 0 Å². The maximum atomic E-state index is 13.2. The lowest BCUT2D eigenvalue weighted by atomic mass is 9.71. The summed E-state index contributed by atoms with van der Waals surface area (Å²) in [6, 6.07) is 4.52. The number of hydrogen-bond acceptors (Lipinski definition) is 1. The van der Waals surface area contributed by atoms with Gasteiger partial charge >= 0.3 is 0 Å². The molecular weight excluding hydrogens is 295 g/mol. The van der Waals surface area contributed by atoms with E-state index in [4.69, 9.17) is 0 Å². The van der Waals surface area contributed by atoms with E-state index in [0.29, 0.717) is 6.42 Å². The topological polar surface area (TPSA) is 17.1 Å². The second-order valence-corrected chi connectivity index (χ2v) is 6.31. The molecule has 1 fully saturated rings. The maximum absolute atomic E-state index is 13.2. The molecule has 0 N–H and O–H groups in total. The highest BCUT2D eigenvalue weighted by molar-refractivity contribution is 9.10. The second kappa shape index (κ2) is 5.52. The largest absolute Gasteiger partial charge is 0.299 e. The van der Waals surface area contributed by atoms with Gasteiger partial charge in [0.1, 0.15) is 11.6 Å². The Labute approximate surface area is 116 Å². The minimum Gasteiger partial charge on any atom is -0.299 e. The number of carbonyl (C=O) groups excluding carboxylic acids is 1. The van der Waals surface area contributed by atoms with Crippen molar-refractivity contribution >= 4 is 21.7 Å². The number of benzene rings is 1. The van der Waals surface area contributed by atoms with E-state index in [1.54, 1.807) is 6.07 Å². The van der Waals surface area contributed by atoms with E-state index < -0.39 is 0 Å². The molecule has 0 saturated heterocycles. The monoisotopic (exact) mass is 312 g/mol. The van der Waals surface area contributed by atoms with Gasteiger partial charge in [-0.2, -0.15) is 0 Å². The van der Waals surface area contributed by atoms with E-state index in [0.717, 1.165) is 35.7 Å². The van der Waals surface area contributed by atoms with Gasteiger partial charge in [-0.25, -0.2) is 4.39 Å². The fourth-order valence-electron chi connectivity index (χ4n) is 2.68. The zero-order valence-corrected chi connectivity index (χ0v) is 12.2. The predicted octanol–water partition coefficient (Wildman–Crippen LogP) is 4.67. The summed E-state index contributed by atoms with van der Waals surface area (Å²) in [5, 5.41) is 0. The Balaban J connectivity index is 2.13. The van der Waals surface area contributed by atoms with Crippen LogP contribution in [0.3, 0.4) is 0 Å². The maximum Gasteiger partial charge on any atom is 0.143 e. The van der Waals surface area contributed by atoms with Crippen LogP contribution in [0.5, 0.6) is 0 Å². The third kappa shape index (κ3) is 3.00. The van der Waals surface area contributed by atoms with Gasteiger partial charge in [-0.3, -0.25) is 4.79 Å². The molecule has 18 heavy (non-hydrogen) atoms. The van der Waals surface area contributed by atoms with Crippen molar-refractivity contribution in [3.05, 3.63) is 34.1 Å². The quantitative estimate of drug-likeness (QED) is 0.792. The first-order valence-corrected chi connectivity index (χ1v) is 7.28. The third-order valence-corrected chi connectivity index (χ3v) is 4.76. The molecule has 0 atom stereocenters. The number of hydrogen-bond donors (Lipinski definition) is 0. The van der Waals surface area contributed by atoms with Crippen molar-refractivity contribution in [3.63, 3.8) is 0 Å². The highest BCUT2D eigenvalue weighted by Crippen LogP contribution is 2.37. The Morgan fingerprint density at radius 2 is 2.00 bits per heavy atom. The van der Waals surface area contributed by atoms with Gasteiger partial charge in [0.05, 0.1) is 0 Å². The molecule has 2 rings (SSSR count). The summed E-state index contributed by atoms with van der Waals surface area (Å²) < 4.78 is 14.0. The molecule has 1 aromatic rings. The van der Waals surface area contributed by atoms with Crippen LogP contribution in [0, 0.1) is 11.2 Å². The molecule has 0 unspecified atom stereocenters. The summed E-state index contributed by atoms with van der Waals surface area (Å²) in [5.41, 5.74) is 0.552. The van der Waals surface area contributed by atoms with Crippen LogP contribution in [0.15, 0.2) is 22.7 Å². The highest BCUT2D eigenvalue weighted by atomic mass is 79.9. The van der Waals surface area contributed by atoms with Gasteiger partial charge in [-0.1, -0.05) is 42.1 Å². The van der Waals surface area contributed by atoms with Gasteiger partial charge in [0.15, 0.2) is 0 Å². The lowest BCUT2D eigenvalue weighted by molar-refractivity contribution is -0.128. The van der Waals surface area contributed by atoms with Crippen LogP contribution in [0.4, 0.5) is 4.39 Å². The normalized spacial score (nSPS) is 18.6. The van der Waals surface area contributed by atoms with E-state index in [2.05, 4.69) is 22.9 Å². The van der Waals surface area contributed by atoms with Gasteiger partial charge in [-0.05, 0) is 36.6 Å². The van der Waals surface area contributed by atoms with Crippen molar-refractivity contribution in [2.24, 2.45) is 5.41 Å². The van der Waals surface area contributed by atoms with E-state index in [1.165, 1.54) is 18.6 Å². The Kier molecular flexibility index (Phi) is 4.21. The smallest absolute Gasteiger partial charge is 0.143 e. The summed E-state index contributed by atoms with van der Waals surface area (Å²) in [7, 11) is 0. The highest BCUT2D eigenvalue weighted by Gasteiger charge is 2.34. The molecule has 98 valence electrons. The molecular formula is C15H18BrFO. The van der Waals surface area contributed by atoms with Crippen molar-refractivity contribution in [1.29, 1.82) is 0 Å². The van der Waals surface area contributed by atoms with Crippen molar-refractivity contribution < 1.29 is 9.18 Å². The fraction of sp³-hybridized carbons (Fsp3) is 0.533. The molecule has 1 nitrogen and oxygen atoms in total. The molecule has 0 aromatic heterocycles. The molecule has 1 saturated carbocycles. The van der Waals surface area contributed by atoms with Crippen LogP contribution in [0.2, 0.25) is 0 Å². The molecule has 1 aromatic carbocycles. The second-order valence-electron chi connectivity index (χ2n) is 5.46. The van der Waals surface area contributed by atoms with Crippen LogP contribution < -0.4 is 0 Å². The standard InChI is InChI=1S/C15H18BrFO/c1-15(7-3-2-4-8-15)14(18)10-11-9-12(17)5-6-13(11)16/h5-6,9H,2-4,7-8,10H2,1H3. The minimum absolute atomic E-state index is 0.204. The average molecular weight is 313 g/mol. The van der Waals surface area contributed by atoms with Gasteiger partial charge in [0.25, 0.3) is 0 Å². The first-order valence-electron chi connectivity index (χ1n) is 6.48. The number of Topliss-reactive ketones (excluding diaryl/α,β-unsaturated/α-hetero) is 1. The van der Waals surface area contributed by atoms with Crippen LogP contribution in [-0.2, 0) is 11.2 Å². The van der Waals surface area contributed by atoms with Gasteiger partial charge in [-0.15, -0.1) is 0 Å². The van der Waals surface area contributed by atoms with E-state index in [9.17, 15) is 9.18 Å². The van der Waals surface area contributed by atoms with Crippen molar-refractivity contribution in [3.8, 4) is 0 Å². The lowest BCUT2D eigenvalue weighted by Crippen LogP contribution is -2.31. The molecule has 0 radical (unpaired) electrons. The lowest BCUT2D eigenvalue weighted by Gasteiger charge is -2.32. The van der Waals surface area contributed by atoms with Crippen LogP contribution >= 0.6 is 15.9 Å². The van der Waals surface area contributed by atoms with E-state index >= 15 is 0 Å². The zero-order chi connectivity index (χ0) is 13.2. The van der Waals surface area contributed by atoms with Crippen LogP contribution in [0.1, 0.15) is 44.6 Å². The number of rotatable bonds is 3. The molecule has 1 aliphatic carbocycles. The van der Waals surface area contributed by atoms with Gasteiger partial charge < -0.3 is 0 Å². The summed E-state index contributed by atoms with van der Waals surface area (Å²) in [4.78, 5) is 12.4. The molecule has 0 bridgehead atoms. The van der Waals surface area contributed by atoms with Crippen molar-refractivity contribution in [1.82, 2.24) is 0 Å². The Morgan fingerprint density at radius 3 is 2.67 bits per heavy atom. The fourth-order valence-corrected chi connectivity index (χ4v) is 3.06. The molecule has 0 amide bonds. The summed E-state index contributed by atoms with van der Waals surface area (Å²) in [5.74, 6) is -0.0386. The van der Waals surface area contributed by atoms with E-state index in [-0.39, 0.29) is 17.0 Å². The Hall–Kier alpha value is -0.700. The number of ketones is 1. The molecule has 0 heterocycles. The third-order valence-electron chi connectivity index (χ3n) is 3.99. The molecule has 0 aliphatic heterocycles. The van der Waals surface area contributed by atoms with Gasteiger partial charge in [0, 0.05) is 16.3 Å². The summed E-state index contributed by atoms with van der Waals surface area (Å²) in [6.07, 6.45) is 5.76. The molecule has 1 aliphatic rings. The predicted molar refractivity (Wildman–Crippen MR) is 74.0 cm³/mol. The number of halogens is 2. The first-order chi connectivity index (χ1) is 8.51. The summed E-state index contributed by atoms with van der Waals surface area (Å²) in [6.45, 7) is 2.06. The Morgan fingerprint density at radius 1 is 1.33 bits per heavy atom. The minimum atomic E-state index is -0.283. The van der Waals surface area contributed by atoms with Crippen LogP contribution in [-0.4, -0.2) is 5.78 Å². The first kappa shape index (κ1) is 13.7. The molecule has 0 spiro atoms. The van der Waals surface area contributed by atoms with Gasteiger partial charge in [0.2, 0.25) is 0 Å². The molecule has 3 heteroatoms. The number of carbonyl (C=O) groups is 1. The summed E-state index contributed by atoms with van der Waals surface area (Å²) >= 11 is 3.38. The van der Waals surface area contributed by atoms with Crippen LogP contribution in [0.25, 0.3) is 0 Å².